The Balaban J connectivity index is 1.95. The van der Waals surface area contributed by atoms with Crippen molar-refractivity contribution in [1.29, 1.82) is 0 Å². The Morgan fingerprint density at radius 2 is 1.59 bits per heavy atom. The first-order valence-corrected chi connectivity index (χ1v) is 8.01. The molecule has 0 N–H and O–H groups in total. The van der Waals surface area contributed by atoms with Gasteiger partial charge in [-0.15, -0.1) is 0 Å². The van der Waals surface area contributed by atoms with Crippen LogP contribution in [-0.4, -0.2) is 4.98 Å². The van der Waals surface area contributed by atoms with Crippen molar-refractivity contribution in [3.05, 3.63) is 27.6 Å². The zero-order chi connectivity index (χ0) is 12.3. The third kappa shape index (κ3) is 7.74. The molecule has 96 valence electrons. The molecule has 0 atom stereocenters. The highest BCUT2D eigenvalue weighted by Gasteiger charge is 1.95. The number of nitrogens with zero attached hydrogens (tertiary/aromatic N) is 1. The van der Waals surface area contributed by atoms with E-state index in [2.05, 4.69) is 46.6 Å². The van der Waals surface area contributed by atoms with Gasteiger partial charge in [-0.25, -0.2) is 0 Å². The van der Waals surface area contributed by atoms with Crippen LogP contribution in [0.4, 0.5) is 0 Å². The van der Waals surface area contributed by atoms with Crippen LogP contribution in [0.5, 0.6) is 0 Å². The first-order valence-electron chi connectivity index (χ1n) is 6.93. The minimum atomic E-state index is 1.14. The Kier molecular flexibility index (Phi) is 8.67. The first kappa shape index (κ1) is 14.9. The maximum atomic E-state index is 4.43. The summed E-state index contributed by atoms with van der Waals surface area (Å²) >= 11 is 2.30. The predicted molar refractivity (Wildman–Crippen MR) is 83.3 cm³/mol. The van der Waals surface area contributed by atoms with Crippen LogP contribution in [0.2, 0.25) is 0 Å². The minimum Gasteiger partial charge on any atom is -0.260 e. The molecular weight excluding hydrogens is 321 g/mol. The van der Waals surface area contributed by atoms with Gasteiger partial charge in [-0.05, 0) is 47.6 Å². The summed E-state index contributed by atoms with van der Waals surface area (Å²) in [6.45, 7) is 2.27. The number of aryl methyl sites for hydroxylation is 1. The van der Waals surface area contributed by atoms with Gasteiger partial charge in [0.25, 0.3) is 0 Å². The van der Waals surface area contributed by atoms with Crippen LogP contribution < -0.4 is 0 Å². The van der Waals surface area contributed by atoms with Gasteiger partial charge in [-0.1, -0.05) is 51.9 Å². The Morgan fingerprint density at radius 3 is 2.18 bits per heavy atom. The van der Waals surface area contributed by atoms with Crippen LogP contribution in [0.3, 0.4) is 0 Å². The van der Waals surface area contributed by atoms with Crippen LogP contribution >= 0.6 is 22.6 Å². The lowest BCUT2D eigenvalue weighted by Gasteiger charge is -2.02. The molecule has 0 saturated carbocycles. The molecule has 1 rings (SSSR count). The fourth-order valence-electron chi connectivity index (χ4n) is 1.99. The van der Waals surface area contributed by atoms with Gasteiger partial charge in [0.05, 0.1) is 0 Å². The molecule has 0 aromatic carbocycles. The molecule has 2 heteroatoms. The smallest absolute Gasteiger partial charge is 0.0404 e. The summed E-state index contributed by atoms with van der Waals surface area (Å²) < 4.78 is 1.22. The summed E-state index contributed by atoms with van der Waals surface area (Å²) in [5, 5.41) is 0. The van der Waals surface area contributed by atoms with Crippen molar-refractivity contribution >= 4 is 22.6 Å². The van der Waals surface area contributed by atoms with Crippen LogP contribution in [0.1, 0.15) is 64.0 Å². The molecule has 1 aromatic heterocycles. The predicted octanol–water partition coefficient (Wildman–Crippen LogP) is 5.37. The van der Waals surface area contributed by atoms with Crippen molar-refractivity contribution in [3.63, 3.8) is 0 Å². The third-order valence-corrected chi connectivity index (χ3v) is 3.71. The summed E-state index contributed by atoms with van der Waals surface area (Å²) in [6.07, 6.45) is 14.2. The molecule has 0 unspecified atom stereocenters. The highest BCUT2D eigenvalue weighted by atomic mass is 127. The molecule has 0 aliphatic heterocycles. The van der Waals surface area contributed by atoms with E-state index in [1.165, 1.54) is 60.6 Å². The number of rotatable bonds is 9. The topological polar surface area (TPSA) is 12.9 Å². The van der Waals surface area contributed by atoms with Crippen molar-refractivity contribution in [2.75, 3.05) is 0 Å². The molecule has 1 nitrogen and oxygen atoms in total. The van der Waals surface area contributed by atoms with E-state index in [9.17, 15) is 0 Å². The molecule has 0 saturated heterocycles. The second-order valence-corrected chi connectivity index (χ2v) is 5.94. The number of pyridine rings is 1. The van der Waals surface area contributed by atoms with Gasteiger partial charge in [0.1, 0.15) is 0 Å². The number of hydrogen-bond acceptors (Lipinski definition) is 1. The molecular formula is C15H24IN. The lowest BCUT2D eigenvalue weighted by atomic mass is 10.1. The Hall–Kier alpha value is -0.120. The van der Waals surface area contributed by atoms with Gasteiger partial charge < -0.3 is 0 Å². The summed E-state index contributed by atoms with van der Waals surface area (Å²) in [7, 11) is 0. The largest absolute Gasteiger partial charge is 0.260 e. The molecule has 1 aromatic rings. The Bertz CT molecular complexity index is 281. The average Bonchev–Trinajstić information content (AvgIpc) is 2.35. The van der Waals surface area contributed by atoms with Gasteiger partial charge in [0.15, 0.2) is 0 Å². The van der Waals surface area contributed by atoms with Crippen molar-refractivity contribution in [1.82, 2.24) is 4.98 Å². The molecule has 0 fully saturated rings. The van der Waals surface area contributed by atoms with Gasteiger partial charge >= 0.3 is 0 Å². The standard InChI is InChI=1S/C15H24IN/c1-2-3-4-5-6-7-8-9-10-15-12-11-14(16)13-17-15/h11-13H,2-10H2,1H3. The first-order chi connectivity index (χ1) is 8.33. The number of aromatic nitrogens is 1. The van der Waals surface area contributed by atoms with E-state index in [4.69, 9.17) is 0 Å². The fraction of sp³-hybridized carbons (Fsp3) is 0.667. The van der Waals surface area contributed by atoms with E-state index in [-0.39, 0.29) is 0 Å². The van der Waals surface area contributed by atoms with Crippen LogP contribution in [0.15, 0.2) is 18.3 Å². The highest BCUT2D eigenvalue weighted by Crippen LogP contribution is 2.11. The molecule has 17 heavy (non-hydrogen) atoms. The SMILES string of the molecule is CCCCCCCCCCc1ccc(I)cn1. The molecule has 0 amide bonds. The quantitative estimate of drug-likeness (QED) is 0.433. The monoisotopic (exact) mass is 345 g/mol. The second-order valence-electron chi connectivity index (χ2n) is 4.69. The number of halogens is 1. The molecule has 0 spiro atoms. The maximum absolute atomic E-state index is 4.43. The number of unbranched alkanes of at least 4 members (excludes halogenated alkanes) is 7. The molecule has 0 radical (unpaired) electrons. The summed E-state index contributed by atoms with van der Waals surface area (Å²) in [5.41, 5.74) is 1.25. The zero-order valence-corrected chi connectivity index (χ0v) is 13.1. The number of hydrogen-bond donors (Lipinski definition) is 0. The van der Waals surface area contributed by atoms with Gasteiger partial charge in [-0.2, -0.15) is 0 Å². The summed E-state index contributed by atoms with van der Waals surface area (Å²) in [4.78, 5) is 4.43. The normalized spacial score (nSPS) is 10.7. The van der Waals surface area contributed by atoms with Crippen molar-refractivity contribution in [3.8, 4) is 0 Å². The van der Waals surface area contributed by atoms with Crippen LogP contribution in [0, 0.1) is 3.57 Å². The van der Waals surface area contributed by atoms with E-state index < -0.39 is 0 Å². The van der Waals surface area contributed by atoms with Crippen molar-refractivity contribution in [2.45, 2.75) is 64.7 Å². The molecule has 0 bridgehead atoms. The lowest BCUT2D eigenvalue weighted by molar-refractivity contribution is 0.574. The Morgan fingerprint density at radius 1 is 0.941 bits per heavy atom. The van der Waals surface area contributed by atoms with Gasteiger partial charge in [-0.3, -0.25) is 4.98 Å². The van der Waals surface area contributed by atoms with Crippen LogP contribution in [0.25, 0.3) is 0 Å². The average molecular weight is 345 g/mol. The highest BCUT2D eigenvalue weighted by molar-refractivity contribution is 14.1. The van der Waals surface area contributed by atoms with E-state index >= 15 is 0 Å². The summed E-state index contributed by atoms with van der Waals surface area (Å²) in [5.74, 6) is 0. The second kappa shape index (κ2) is 9.86. The lowest BCUT2D eigenvalue weighted by Crippen LogP contribution is -1.90. The third-order valence-electron chi connectivity index (χ3n) is 3.08. The summed E-state index contributed by atoms with van der Waals surface area (Å²) in [6, 6.07) is 4.30. The molecule has 0 aliphatic carbocycles. The van der Waals surface area contributed by atoms with Crippen molar-refractivity contribution < 1.29 is 0 Å². The van der Waals surface area contributed by atoms with E-state index in [0.717, 1.165) is 6.42 Å². The van der Waals surface area contributed by atoms with Gasteiger partial charge in [0.2, 0.25) is 0 Å². The maximum Gasteiger partial charge on any atom is 0.0404 e. The molecule has 0 aliphatic rings. The van der Waals surface area contributed by atoms with Crippen molar-refractivity contribution in [2.24, 2.45) is 0 Å². The zero-order valence-electron chi connectivity index (χ0n) is 10.9. The molecule has 1 heterocycles. The van der Waals surface area contributed by atoms with E-state index in [0.29, 0.717) is 0 Å². The van der Waals surface area contributed by atoms with Gasteiger partial charge in [0, 0.05) is 15.5 Å². The Labute approximate surface area is 120 Å². The van der Waals surface area contributed by atoms with E-state index in [1.54, 1.807) is 0 Å². The fourth-order valence-corrected chi connectivity index (χ4v) is 2.31. The van der Waals surface area contributed by atoms with Crippen LogP contribution in [-0.2, 0) is 6.42 Å². The minimum absolute atomic E-state index is 1.14. The van der Waals surface area contributed by atoms with E-state index in [1.807, 2.05) is 6.20 Å².